The molecular formula is C19H28N2O3. The molecule has 0 unspecified atom stereocenters. The molecule has 1 aliphatic heterocycles. The number of carbonyl (C=O) groups excluding carboxylic acids is 2. The molecule has 2 amide bonds. The Morgan fingerprint density at radius 3 is 2.54 bits per heavy atom. The summed E-state index contributed by atoms with van der Waals surface area (Å²) in [5.41, 5.74) is 1.76. The van der Waals surface area contributed by atoms with Gasteiger partial charge in [0.15, 0.2) is 0 Å². The maximum Gasteiger partial charge on any atom is 0.249 e. The van der Waals surface area contributed by atoms with Gasteiger partial charge in [-0.05, 0) is 37.0 Å². The number of methoxy groups -OCH3 is 1. The molecule has 132 valence electrons. The highest BCUT2D eigenvalue weighted by atomic mass is 16.5. The van der Waals surface area contributed by atoms with Crippen LogP contribution in [0.25, 0.3) is 0 Å². The minimum atomic E-state index is -0.459. The first-order valence-corrected chi connectivity index (χ1v) is 8.39. The normalized spacial score (nSPS) is 18.8. The quantitative estimate of drug-likeness (QED) is 0.855. The molecule has 1 atom stereocenters. The molecule has 1 saturated heterocycles. The van der Waals surface area contributed by atoms with Crippen LogP contribution >= 0.6 is 0 Å². The van der Waals surface area contributed by atoms with E-state index >= 15 is 0 Å². The van der Waals surface area contributed by atoms with Crippen molar-refractivity contribution in [2.24, 2.45) is 5.41 Å². The second-order valence-electron chi connectivity index (χ2n) is 7.67. The molecule has 0 bridgehead atoms. The summed E-state index contributed by atoms with van der Waals surface area (Å²) >= 11 is 0. The predicted molar refractivity (Wildman–Crippen MR) is 95.3 cm³/mol. The SMILES string of the molecule is COc1ccc(C)cc1N1CCN(C(=O)CC(C)(C)C)[C@H](C)C1=O. The van der Waals surface area contributed by atoms with Crippen molar-refractivity contribution < 1.29 is 14.3 Å². The third-order valence-corrected chi connectivity index (χ3v) is 4.28. The van der Waals surface area contributed by atoms with Crippen molar-refractivity contribution in [2.75, 3.05) is 25.1 Å². The smallest absolute Gasteiger partial charge is 0.249 e. The number of amides is 2. The average molecular weight is 332 g/mol. The number of carbonyl (C=O) groups is 2. The Hall–Kier alpha value is -2.04. The highest BCUT2D eigenvalue weighted by Gasteiger charge is 2.36. The van der Waals surface area contributed by atoms with E-state index in [2.05, 4.69) is 0 Å². The molecule has 0 N–H and O–H groups in total. The van der Waals surface area contributed by atoms with E-state index in [4.69, 9.17) is 4.74 Å². The number of hydrogen-bond acceptors (Lipinski definition) is 3. The number of piperazine rings is 1. The van der Waals surface area contributed by atoms with E-state index in [1.165, 1.54) is 0 Å². The molecule has 5 nitrogen and oxygen atoms in total. The summed E-state index contributed by atoms with van der Waals surface area (Å²) in [4.78, 5) is 28.8. The monoisotopic (exact) mass is 332 g/mol. The van der Waals surface area contributed by atoms with Crippen LogP contribution in [-0.2, 0) is 9.59 Å². The van der Waals surface area contributed by atoms with Crippen molar-refractivity contribution in [2.45, 2.75) is 47.1 Å². The lowest BCUT2D eigenvalue weighted by atomic mass is 9.91. The Labute approximate surface area is 144 Å². The fourth-order valence-corrected chi connectivity index (χ4v) is 3.02. The maximum atomic E-state index is 12.9. The van der Waals surface area contributed by atoms with Crippen molar-refractivity contribution in [1.29, 1.82) is 0 Å². The van der Waals surface area contributed by atoms with E-state index in [-0.39, 0.29) is 17.2 Å². The van der Waals surface area contributed by atoms with Crippen LogP contribution in [0.2, 0.25) is 0 Å². The first-order valence-electron chi connectivity index (χ1n) is 8.39. The van der Waals surface area contributed by atoms with E-state index in [1.807, 2.05) is 45.9 Å². The summed E-state index contributed by atoms with van der Waals surface area (Å²) in [6.07, 6.45) is 0.443. The summed E-state index contributed by atoms with van der Waals surface area (Å²) < 4.78 is 5.40. The summed E-state index contributed by atoms with van der Waals surface area (Å²) in [5.74, 6) is 0.655. The Bertz CT molecular complexity index is 634. The van der Waals surface area contributed by atoms with Gasteiger partial charge in [0, 0.05) is 19.5 Å². The topological polar surface area (TPSA) is 49.9 Å². The van der Waals surface area contributed by atoms with Crippen LogP contribution in [-0.4, -0.2) is 43.0 Å². The van der Waals surface area contributed by atoms with E-state index in [9.17, 15) is 9.59 Å². The fraction of sp³-hybridized carbons (Fsp3) is 0.579. The number of aryl methyl sites for hydroxylation is 1. The van der Waals surface area contributed by atoms with E-state index in [1.54, 1.807) is 23.8 Å². The third kappa shape index (κ3) is 3.89. The minimum absolute atomic E-state index is 0.0409. The highest BCUT2D eigenvalue weighted by molar-refractivity contribution is 6.01. The average Bonchev–Trinajstić information content (AvgIpc) is 2.48. The van der Waals surface area contributed by atoms with Gasteiger partial charge in [-0.3, -0.25) is 9.59 Å². The van der Waals surface area contributed by atoms with Gasteiger partial charge in [-0.25, -0.2) is 0 Å². The molecule has 1 aromatic carbocycles. The molecule has 1 aliphatic rings. The summed E-state index contributed by atoms with van der Waals surface area (Å²) in [6.45, 7) is 10.9. The van der Waals surface area contributed by atoms with Crippen LogP contribution in [0.4, 0.5) is 5.69 Å². The number of benzene rings is 1. The second kappa shape index (κ2) is 6.83. The Kier molecular flexibility index (Phi) is 5.21. The van der Waals surface area contributed by atoms with Gasteiger partial charge in [0.1, 0.15) is 11.8 Å². The third-order valence-electron chi connectivity index (χ3n) is 4.28. The molecule has 2 rings (SSSR count). The van der Waals surface area contributed by atoms with Gasteiger partial charge in [0.05, 0.1) is 12.8 Å². The van der Waals surface area contributed by atoms with Gasteiger partial charge in [-0.15, -0.1) is 0 Å². The summed E-state index contributed by atoms with van der Waals surface area (Å²) in [5, 5.41) is 0. The van der Waals surface area contributed by atoms with Crippen molar-refractivity contribution in [3.8, 4) is 5.75 Å². The Morgan fingerprint density at radius 2 is 1.96 bits per heavy atom. The van der Waals surface area contributed by atoms with Crippen molar-refractivity contribution in [1.82, 2.24) is 4.90 Å². The molecule has 0 aromatic heterocycles. The van der Waals surface area contributed by atoms with Gasteiger partial charge in [-0.2, -0.15) is 0 Å². The van der Waals surface area contributed by atoms with E-state index in [0.29, 0.717) is 25.3 Å². The van der Waals surface area contributed by atoms with Gasteiger partial charge in [0.25, 0.3) is 0 Å². The number of ether oxygens (including phenoxy) is 1. The molecule has 5 heteroatoms. The number of rotatable bonds is 3. The molecule has 0 aliphatic carbocycles. The van der Waals surface area contributed by atoms with Crippen LogP contribution in [0.5, 0.6) is 5.75 Å². The van der Waals surface area contributed by atoms with Gasteiger partial charge in [0.2, 0.25) is 11.8 Å². The summed E-state index contributed by atoms with van der Waals surface area (Å²) in [6, 6.07) is 5.33. The molecular weight excluding hydrogens is 304 g/mol. The van der Waals surface area contributed by atoms with E-state index in [0.717, 1.165) is 11.3 Å². The Balaban J connectivity index is 2.21. The molecule has 1 fully saturated rings. The van der Waals surface area contributed by atoms with Gasteiger partial charge < -0.3 is 14.5 Å². The van der Waals surface area contributed by atoms with Crippen LogP contribution in [0.1, 0.15) is 39.7 Å². The number of hydrogen-bond donors (Lipinski definition) is 0. The van der Waals surface area contributed by atoms with Crippen LogP contribution in [0, 0.1) is 12.3 Å². The van der Waals surface area contributed by atoms with E-state index < -0.39 is 6.04 Å². The van der Waals surface area contributed by atoms with Gasteiger partial charge >= 0.3 is 0 Å². The zero-order chi connectivity index (χ0) is 18.1. The molecule has 0 spiro atoms. The summed E-state index contributed by atoms with van der Waals surface area (Å²) in [7, 11) is 1.60. The van der Waals surface area contributed by atoms with Crippen molar-refractivity contribution >= 4 is 17.5 Å². The van der Waals surface area contributed by atoms with Crippen LogP contribution < -0.4 is 9.64 Å². The number of nitrogens with zero attached hydrogens (tertiary/aromatic N) is 2. The van der Waals surface area contributed by atoms with Crippen molar-refractivity contribution in [3.63, 3.8) is 0 Å². The lowest BCUT2D eigenvalue weighted by Gasteiger charge is -2.40. The highest BCUT2D eigenvalue weighted by Crippen LogP contribution is 2.32. The van der Waals surface area contributed by atoms with Crippen LogP contribution in [0.3, 0.4) is 0 Å². The molecule has 1 aromatic rings. The minimum Gasteiger partial charge on any atom is -0.495 e. The predicted octanol–water partition coefficient (Wildman–Crippen LogP) is 3.00. The van der Waals surface area contributed by atoms with Crippen molar-refractivity contribution in [3.05, 3.63) is 23.8 Å². The lowest BCUT2D eigenvalue weighted by Crippen LogP contribution is -2.58. The maximum absolute atomic E-state index is 12.9. The number of anilines is 1. The lowest BCUT2D eigenvalue weighted by molar-refractivity contribution is -0.142. The zero-order valence-electron chi connectivity index (χ0n) is 15.5. The Morgan fingerprint density at radius 1 is 1.29 bits per heavy atom. The second-order valence-corrected chi connectivity index (χ2v) is 7.67. The first kappa shape index (κ1) is 18.3. The molecule has 24 heavy (non-hydrogen) atoms. The van der Waals surface area contributed by atoms with Crippen LogP contribution in [0.15, 0.2) is 18.2 Å². The molecule has 0 radical (unpaired) electrons. The zero-order valence-corrected chi connectivity index (χ0v) is 15.5. The van der Waals surface area contributed by atoms with Gasteiger partial charge in [-0.1, -0.05) is 26.8 Å². The largest absolute Gasteiger partial charge is 0.495 e. The first-order chi connectivity index (χ1) is 11.1. The standard InChI is InChI=1S/C19H28N2O3/c1-13-7-8-16(24-6)15(11-13)21-10-9-20(14(2)18(21)23)17(22)12-19(3,4)5/h7-8,11,14H,9-10,12H2,1-6H3/t14-/m1/s1. The molecule has 0 saturated carbocycles. The molecule has 1 heterocycles. The fourth-order valence-electron chi connectivity index (χ4n) is 3.02.